The van der Waals surface area contributed by atoms with Crippen molar-refractivity contribution in [1.29, 1.82) is 5.26 Å². The maximum atomic E-state index is 14.4. The molecule has 1 unspecified atom stereocenters. The molecule has 0 aliphatic rings. The second-order valence-corrected chi connectivity index (χ2v) is 10.2. The number of carboxylic acids is 1. The van der Waals surface area contributed by atoms with Crippen LogP contribution in [0.15, 0.2) is 109 Å². The van der Waals surface area contributed by atoms with Crippen molar-refractivity contribution in [3.05, 3.63) is 137 Å². The molecule has 0 spiro atoms. The number of benzene rings is 4. The van der Waals surface area contributed by atoms with E-state index >= 15 is 0 Å². The van der Waals surface area contributed by atoms with Crippen LogP contribution < -0.4 is 10.5 Å². The molecule has 4 aromatic carbocycles. The van der Waals surface area contributed by atoms with E-state index in [4.69, 9.17) is 10.5 Å². The first-order valence-electron chi connectivity index (χ1n) is 13.9. The molecular formula is C35H33N3O5. The van der Waals surface area contributed by atoms with Crippen LogP contribution in [0.3, 0.4) is 0 Å². The van der Waals surface area contributed by atoms with Gasteiger partial charge in [0, 0.05) is 6.42 Å². The molecule has 0 aliphatic carbocycles. The first-order valence-corrected chi connectivity index (χ1v) is 13.9. The van der Waals surface area contributed by atoms with E-state index in [0.29, 0.717) is 16.9 Å². The minimum Gasteiger partial charge on any atom is -0.493 e. The highest BCUT2D eigenvalue weighted by Gasteiger charge is 2.38. The first kappa shape index (κ1) is 30.7. The third-order valence-corrected chi connectivity index (χ3v) is 7.04. The summed E-state index contributed by atoms with van der Waals surface area (Å²) in [6.45, 7) is 1.89. The number of nitrogens with zero attached hydrogens (tertiary/aromatic N) is 2. The Morgan fingerprint density at radius 2 is 1.49 bits per heavy atom. The highest BCUT2D eigenvalue weighted by molar-refractivity contribution is 6.02. The third-order valence-electron chi connectivity index (χ3n) is 7.04. The van der Waals surface area contributed by atoms with Gasteiger partial charge in [0.2, 0.25) is 11.8 Å². The van der Waals surface area contributed by atoms with Gasteiger partial charge in [-0.15, -0.1) is 0 Å². The second kappa shape index (κ2) is 14.6. The number of carbonyl (C=O) groups excluding carboxylic acids is 2. The molecule has 8 nitrogen and oxygen atoms in total. The predicted molar refractivity (Wildman–Crippen MR) is 162 cm³/mol. The zero-order chi connectivity index (χ0) is 30.8. The molecule has 218 valence electrons. The van der Waals surface area contributed by atoms with Crippen LogP contribution in [0, 0.1) is 18.3 Å². The van der Waals surface area contributed by atoms with Crippen molar-refractivity contribution >= 4 is 17.8 Å². The lowest BCUT2D eigenvalue weighted by molar-refractivity contribution is -0.148. The van der Waals surface area contributed by atoms with Gasteiger partial charge in [0.1, 0.15) is 11.8 Å². The molecule has 0 aliphatic heterocycles. The van der Waals surface area contributed by atoms with Crippen LogP contribution in [0.1, 0.15) is 45.0 Å². The van der Waals surface area contributed by atoms with Gasteiger partial charge in [-0.1, -0.05) is 96.6 Å². The Labute approximate surface area is 251 Å². The van der Waals surface area contributed by atoms with Crippen LogP contribution >= 0.6 is 0 Å². The number of rotatable bonds is 12. The SMILES string of the molecule is Cc1cccc(C[C@H](N)C(=O)N(C(=O)C(c2ccccc2)c2ccccc2)C(C#N)CCOc2cccc(C(=O)O)c2)c1. The Hall–Kier alpha value is -5.26. The van der Waals surface area contributed by atoms with Crippen molar-refractivity contribution in [1.82, 2.24) is 4.90 Å². The van der Waals surface area contributed by atoms with E-state index < -0.39 is 35.8 Å². The highest BCUT2D eigenvalue weighted by atomic mass is 16.5. The summed E-state index contributed by atoms with van der Waals surface area (Å²) in [6, 6.07) is 31.6. The maximum absolute atomic E-state index is 14.4. The van der Waals surface area contributed by atoms with Crippen LogP contribution in [0.25, 0.3) is 0 Å². The molecule has 0 saturated carbocycles. The number of ether oxygens (including phenoxy) is 1. The normalized spacial score (nSPS) is 12.1. The van der Waals surface area contributed by atoms with E-state index in [1.165, 1.54) is 12.1 Å². The molecule has 0 aromatic heterocycles. The summed E-state index contributed by atoms with van der Waals surface area (Å²) >= 11 is 0. The maximum Gasteiger partial charge on any atom is 0.335 e. The molecule has 4 aromatic rings. The van der Waals surface area contributed by atoms with Gasteiger partial charge in [0.05, 0.1) is 30.2 Å². The summed E-state index contributed by atoms with van der Waals surface area (Å²) in [7, 11) is 0. The summed E-state index contributed by atoms with van der Waals surface area (Å²) in [5.41, 5.74) is 9.67. The van der Waals surface area contributed by atoms with Gasteiger partial charge in [-0.3, -0.25) is 14.5 Å². The van der Waals surface area contributed by atoms with E-state index in [-0.39, 0.29) is 25.0 Å². The minimum atomic E-state index is -1.19. The fourth-order valence-electron chi connectivity index (χ4n) is 4.94. The average molecular weight is 576 g/mol. The minimum absolute atomic E-state index is 0.0151. The van der Waals surface area contributed by atoms with Crippen molar-refractivity contribution in [2.24, 2.45) is 5.73 Å². The summed E-state index contributed by atoms with van der Waals surface area (Å²) in [6.07, 6.45) is 0.168. The quantitative estimate of drug-likeness (QED) is 0.240. The van der Waals surface area contributed by atoms with Crippen molar-refractivity contribution in [2.75, 3.05) is 6.61 Å². The molecule has 3 N–H and O–H groups in total. The van der Waals surface area contributed by atoms with Crippen molar-refractivity contribution in [3.63, 3.8) is 0 Å². The summed E-state index contributed by atoms with van der Waals surface area (Å²) in [5.74, 6) is -2.90. The monoisotopic (exact) mass is 575 g/mol. The van der Waals surface area contributed by atoms with Gasteiger partial charge < -0.3 is 15.6 Å². The van der Waals surface area contributed by atoms with Gasteiger partial charge in [0.15, 0.2) is 0 Å². The standard InChI is InChI=1S/C35H33N3O5/c1-24-10-8-11-25(20-24)21-31(37)33(39)38(29(23-36)18-19-43-30-17-9-16-28(22-30)35(41)42)34(40)32(26-12-4-2-5-13-26)27-14-6-3-7-15-27/h2-17,20,22,29,31-32H,18-19,21,37H2,1H3,(H,41,42)/t29?,31-/m0/s1. The summed E-state index contributed by atoms with van der Waals surface area (Å²) < 4.78 is 5.74. The van der Waals surface area contributed by atoms with Gasteiger partial charge in [-0.2, -0.15) is 5.26 Å². The summed E-state index contributed by atoms with van der Waals surface area (Å²) in [5, 5.41) is 19.5. The number of hydrogen-bond acceptors (Lipinski definition) is 6. The first-order chi connectivity index (χ1) is 20.8. The molecule has 0 saturated heterocycles. The zero-order valence-electron chi connectivity index (χ0n) is 23.8. The Balaban J connectivity index is 1.66. The largest absolute Gasteiger partial charge is 0.493 e. The molecule has 2 atom stereocenters. The molecule has 2 amide bonds. The average Bonchev–Trinajstić information content (AvgIpc) is 3.01. The van der Waals surface area contributed by atoms with Gasteiger partial charge in [-0.25, -0.2) is 4.79 Å². The lowest BCUT2D eigenvalue weighted by atomic mass is 9.89. The van der Waals surface area contributed by atoms with Gasteiger partial charge in [-0.05, 0) is 48.2 Å². The number of nitriles is 1. The van der Waals surface area contributed by atoms with E-state index in [1.54, 1.807) is 12.1 Å². The molecule has 0 bridgehead atoms. The third kappa shape index (κ3) is 7.94. The Morgan fingerprint density at radius 3 is 2.07 bits per heavy atom. The van der Waals surface area contributed by atoms with Gasteiger partial charge in [0.25, 0.3) is 0 Å². The van der Waals surface area contributed by atoms with Crippen molar-refractivity contribution < 1.29 is 24.2 Å². The Kier molecular flexibility index (Phi) is 10.4. The number of carbonyl (C=O) groups is 3. The number of amides is 2. The lowest BCUT2D eigenvalue weighted by Gasteiger charge is -2.31. The van der Waals surface area contributed by atoms with Crippen molar-refractivity contribution in [3.8, 4) is 11.8 Å². The van der Waals surface area contributed by atoms with Crippen LogP contribution in [-0.4, -0.2) is 46.5 Å². The molecular weight excluding hydrogens is 542 g/mol. The van der Waals surface area contributed by atoms with Crippen LogP contribution in [0.5, 0.6) is 5.75 Å². The molecule has 8 heteroatoms. The van der Waals surface area contributed by atoms with Gasteiger partial charge >= 0.3 is 5.97 Å². The molecule has 0 radical (unpaired) electrons. The van der Waals surface area contributed by atoms with E-state index in [2.05, 4.69) is 6.07 Å². The molecule has 0 fully saturated rings. The fourth-order valence-corrected chi connectivity index (χ4v) is 4.94. The molecule has 0 heterocycles. The number of aromatic carboxylic acids is 1. The number of hydrogen-bond donors (Lipinski definition) is 2. The highest BCUT2D eigenvalue weighted by Crippen LogP contribution is 2.29. The number of imide groups is 1. The fraction of sp³-hybridized carbons (Fsp3) is 0.200. The van der Waals surface area contributed by atoms with Crippen molar-refractivity contribution in [2.45, 2.75) is 37.8 Å². The van der Waals surface area contributed by atoms with Crippen LogP contribution in [-0.2, 0) is 16.0 Å². The number of carboxylic acid groups (broad SMARTS) is 1. The van der Waals surface area contributed by atoms with E-state index in [0.717, 1.165) is 16.0 Å². The smallest absolute Gasteiger partial charge is 0.335 e. The number of aryl methyl sites for hydroxylation is 1. The Morgan fingerprint density at radius 1 is 0.860 bits per heavy atom. The van der Waals surface area contributed by atoms with Crippen LogP contribution in [0.4, 0.5) is 0 Å². The van der Waals surface area contributed by atoms with E-state index in [9.17, 15) is 24.8 Å². The second-order valence-electron chi connectivity index (χ2n) is 10.2. The van der Waals surface area contributed by atoms with E-state index in [1.807, 2.05) is 91.9 Å². The predicted octanol–water partition coefficient (Wildman–Crippen LogP) is 5.11. The number of nitrogens with two attached hydrogens (primary N) is 1. The topological polar surface area (TPSA) is 134 Å². The lowest BCUT2D eigenvalue weighted by Crippen LogP contribution is -2.53. The Bertz CT molecular complexity index is 1560. The zero-order valence-corrected chi connectivity index (χ0v) is 23.8. The summed E-state index contributed by atoms with van der Waals surface area (Å²) in [4.78, 5) is 40.8. The molecule has 43 heavy (non-hydrogen) atoms. The molecule has 4 rings (SSSR count). The van der Waals surface area contributed by atoms with Crippen LogP contribution in [0.2, 0.25) is 0 Å².